The second kappa shape index (κ2) is 16.5. The van der Waals surface area contributed by atoms with E-state index in [4.69, 9.17) is 18.9 Å². The third kappa shape index (κ3) is 8.54. The summed E-state index contributed by atoms with van der Waals surface area (Å²) in [5.74, 6) is 3.38. The van der Waals surface area contributed by atoms with Gasteiger partial charge in [-0.25, -0.2) is 0 Å². The maximum Gasteiger partial charge on any atom is 0.164 e. The lowest BCUT2D eigenvalue weighted by atomic mass is 9.86. The molecule has 1 N–H and O–H groups in total. The Balaban J connectivity index is 1.30. The highest BCUT2D eigenvalue weighted by molar-refractivity contribution is 5.52. The summed E-state index contributed by atoms with van der Waals surface area (Å²) < 4.78 is 21.9. The molecule has 0 radical (unpaired) electrons. The minimum Gasteiger partial charge on any atom is -0.493 e. The van der Waals surface area contributed by atoms with Crippen LogP contribution >= 0.6 is 0 Å². The molecule has 2 aromatic rings. The second-order valence-electron chi connectivity index (χ2n) is 10.3. The Hall–Kier alpha value is -2.44. The molecule has 0 aromatic heterocycles. The van der Waals surface area contributed by atoms with E-state index in [2.05, 4.69) is 41.4 Å². The Morgan fingerprint density at radius 1 is 0.789 bits per heavy atom. The molecule has 0 saturated heterocycles. The molecule has 0 heterocycles. The quantitative estimate of drug-likeness (QED) is 0.238. The molecule has 6 heteroatoms. The molecule has 0 saturated carbocycles. The summed E-state index contributed by atoms with van der Waals surface area (Å²) in [6.07, 6.45) is 11.9. The fourth-order valence-electron chi connectivity index (χ4n) is 5.74. The van der Waals surface area contributed by atoms with Crippen molar-refractivity contribution < 1.29 is 18.9 Å². The molecule has 0 amide bonds. The van der Waals surface area contributed by atoms with E-state index < -0.39 is 0 Å². The van der Waals surface area contributed by atoms with E-state index in [-0.39, 0.29) is 0 Å². The number of ether oxygens (including phenoxy) is 4. The van der Waals surface area contributed by atoms with E-state index in [0.717, 1.165) is 61.8 Å². The van der Waals surface area contributed by atoms with E-state index in [9.17, 15) is 0 Å². The predicted octanol–water partition coefficient (Wildman–Crippen LogP) is 6.07. The Morgan fingerprint density at radius 3 is 2.26 bits per heavy atom. The Labute approximate surface area is 231 Å². The fourth-order valence-corrected chi connectivity index (χ4v) is 5.74. The first-order valence-electron chi connectivity index (χ1n) is 14.5. The molecule has 0 fully saturated rings. The van der Waals surface area contributed by atoms with Crippen molar-refractivity contribution in [1.82, 2.24) is 10.2 Å². The number of benzene rings is 2. The van der Waals surface area contributed by atoms with E-state index in [0.29, 0.717) is 6.04 Å². The standard InChI is InChI=1S/C32H50N2O4/c1-6-21-34(27-15-16-28-26(24-27)14-18-30(36-3)32(28)38-5)22-10-8-7-9-19-33-20-11-12-25-13-17-29(35-2)31(23-25)37-4/h13-14,17-18,23,27,33H,6-12,15-16,19-22,24H2,1-5H3. The molecule has 1 aliphatic carbocycles. The predicted molar refractivity (Wildman–Crippen MR) is 156 cm³/mol. The zero-order valence-corrected chi connectivity index (χ0v) is 24.4. The van der Waals surface area contributed by atoms with Crippen LogP contribution in [-0.4, -0.2) is 65.6 Å². The highest BCUT2D eigenvalue weighted by atomic mass is 16.5. The van der Waals surface area contributed by atoms with Crippen molar-refractivity contribution in [2.24, 2.45) is 0 Å². The van der Waals surface area contributed by atoms with Gasteiger partial charge in [-0.2, -0.15) is 0 Å². The molecule has 3 rings (SSSR count). The van der Waals surface area contributed by atoms with Crippen LogP contribution in [0, 0.1) is 0 Å². The van der Waals surface area contributed by atoms with Crippen LogP contribution in [0.15, 0.2) is 30.3 Å². The van der Waals surface area contributed by atoms with Crippen molar-refractivity contribution in [1.29, 1.82) is 0 Å². The maximum atomic E-state index is 5.70. The van der Waals surface area contributed by atoms with Crippen molar-refractivity contribution in [3.05, 3.63) is 47.0 Å². The van der Waals surface area contributed by atoms with Gasteiger partial charge in [0.05, 0.1) is 28.4 Å². The van der Waals surface area contributed by atoms with Crippen LogP contribution in [0.25, 0.3) is 0 Å². The Bertz CT molecular complexity index is 965. The molecule has 1 unspecified atom stereocenters. The number of aryl methyl sites for hydroxylation is 1. The van der Waals surface area contributed by atoms with Crippen LogP contribution in [0.5, 0.6) is 23.0 Å². The first-order valence-corrected chi connectivity index (χ1v) is 14.5. The van der Waals surface area contributed by atoms with Crippen LogP contribution < -0.4 is 24.3 Å². The smallest absolute Gasteiger partial charge is 0.164 e. The summed E-state index contributed by atoms with van der Waals surface area (Å²) in [6, 6.07) is 11.1. The highest BCUT2D eigenvalue weighted by Gasteiger charge is 2.27. The van der Waals surface area contributed by atoms with Crippen molar-refractivity contribution in [2.45, 2.75) is 77.2 Å². The zero-order valence-electron chi connectivity index (χ0n) is 24.4. The van der Waals surface area contributed by atoms with E-state index in [1.165, 1.54) is 68.3 Å². The van der Waals surface area contributed by atoms with Crippen LogP contribution in [-0.2, 0) is 19.3 Å². The number of hydrogen-bond donors (Lipinski definition) is 1. The average Bonchev–Trinajstić information content (AvgIpc) is 2.96. The van der Waals surface area contributed by atoms with Gasteiger partial charge in [0.2, 0.25) is 0 Å². The third-order valence-electron chi connectivity index (χ3n) is 7.77. The van der Waals surface area contributed by atoms with Gasteiger partial charge in [-0.1, -0.05) is 31.9 Å². The summed E-state index contributed by atoms with van der Waals surface area (Å²) in [5, 5.41) is 3.62. The normalized spacial score (nSPS) is 14.8. The maximum absolute atomic E-state index is 5.70. The van der Waals surface area contributed by atoms with Crippen molar-refractivity contribution in [3.63, 3.8) is 0 Å². The average molecular weight is 527 g/mol. The van der Waals surface area contributed by atoms with Crippen LogP contribution in [0.2, 0.25) is 0 Å². The van der Waals surface area contributed by atoms with Gasteiger partial charge >= 0.3 is 0 Å². The number of rotatable bonds is 18. The van der Waals surface area contributed by atoms with E-state index in [1.54, 1.807) is 28.4 Å². The summed E-state index contributed by atoms with van der Waals surface area (Å²) in [5.41, 5.74) is 4.06. The number of nitrogens with one attached hydrogen (secondary N) is 1. The van der Waals surface area contributed by atoms with Gasteiger partial charge in [-0.05, 0) is 107 Å². The summed E-state index contributed by atoms with van der Waals surface area (Å²) in [6.45, 7) is 6.86. The SMILES string of the molecule is CCCN(CCCCCCNCCCc1ccc(OC)c(OC)c1)C1CCc2c(ccc(OC)c2OC)C1. The van der Waals surface area contributed by atoms with Crippen molar-refractivity contribution >= 4 is 0 Å². The molecular formula is C32H50N2O4. The zero-order chi connectivity index (χ0) is 27.2. The number of fused-ring (bicyclic) bond motifs is 1. The minimum absolute atomic E-state index is 0.632. The van der Waals surface area contributed by atoms with E-state index >= 15 is 0 Å². The van der Waals surface area contributed by atoms with Gasteiger partial charge in [0.1, 0.15) is 0 Å². The molecule has 6 nitrogen and oxygen atoms in total. The fraction of sp³-hybridized carbons (Fsp3) is 0.625. The molecular weight excluding hydrogens is 476 g/mol. The van der Waals surface area contributed by atoms with Gasteiger partial charge < -0.3 is 29.2 Å². The number of unbranched alkanes of at least 4 members (excludes halogenated alkanes) is 3. The third-order valence-corrected chi connectivity index (χ3v) is 7.77. The van der Waals surface area contributed by atoms with Gasteiger partial charge in [0, 0.05) is 11.6 Å². The lowest BCUT2D eigenvalue weighted by Crippen LogP contribution is -2.40. The molecule has 1 aliphatic rings. The number of methoxy groups -OCH3 is 4. The monoisotopic (exact) mass is 526 g/mol. The van der Waals surface area contributed by atoms with Gasteiger partial charge in [-0.15, -0.1) is 0 Å². The first-order chi connectivity index (χ1) is 18.6. The molecule has 0 aliphatic heterocycles. The lowest BCUT2D eigenvalue weighted by Gasteiger charge is -2.36. The summed E-state index contributed by atoms with van der Waals surface area (Å²) in [4.78, 5) is 2.74. The van der Waals surface area contributed by atoms with Gasteiger partial charge in [0.25, 0.3) is 0 Å². The highest BCUT2D eigenvalue weighted by Crippen LogP contribution is 2.38. The topological polar surface area (TPSA) is 52.2 Å². The van der Waals surface area contributed by atoms with E-state index in [1.807, 2.05) is 6.07 Å². The van der Waals surface area contributed by atoms with Crippen molar-refractivity contribution in [2.75, 3.05) is 54.6 Å². The van der Waals surface area contributed by atoms with Gasteiger partial charge in [-0.3, -0.25) is 0 Å². The largest absolute Gasteiger partial charge is 0.493 e. The minimum atomic E-state index is 0.632. The Kier molecular flexibility index (Phi) is 13.1. The molecule has 38 heavy (non-hydrogen) atoms. The number of nitrogens with zero attached hydrogens (tertiary/aromatic N) is 1. The molecule has 212 valence electrons. The van der Waals surface area contributed by atoms with Crippen molar-refractivity contribution in [3.8, 4) is 23.0 Å². The molecule has 0 spiro atoms. The summed E-state index contributed by atoms with van der Waals surface area (Å²) >= 11 is 0. The second-order valence-corrected chi connectivity index (χ2v) is 10.3. The summed E-state index contributed by atoms with van der Waals surface area (Å²) in [7, 11) is 6.84. The Morgan fingerprint density at radius 2 is 1.53 bits per heavy atom. The molecule has 0 bridgehead atoms. The molecule has 2 aromatic carbocycles. The van der Waals surface area contributed by atoms with Gasteiger partial charge in [0.15, 0.2) is 23.0 Å². The molecule has 1 atom stereocenters. The lowest BCUT2D eigenvalue weighted by molar-refractivity contribution is 0.175. The number of hydrogen-bond acceptors (Lipinski definition) is 6. The van der Waals surface area contributed by atoms with Crippen LogP contribution in [0.1, 0.15) is 68.6 Å². The first kappa shape index (κ1) is 30.1. The van der Waals surface area contributed by atoms with Crippen LogP contribution in [0.4, 0.5) is 0 Å². The van der Waals surface area contributed by atoms with Crippen LogP contribution in [0.3, 0.4) is 0 Å².